The second kappa shape index (κ2) is 5.26. The van der Waals surface area contributed by atoms with E-state index in [1.165, 1.54) is 19.3 Å². The van der Waals surface area contributed by atoms with Gasteiger partial charge >= 0.3 is 0 Å². The van der Waals surface area contributed by atoms with Crippen molar-refractivity contribution in [2.24, 2.45) is 5.92 Å². The first-order valence-electron chi connectivity index (χ1n) is 5.09. The molecule has 2 nitrogen and oxygen atoms in total. The molecular formula is C11H19NO. The molecule has 3 atom stereocenters. The Bertz CT molecular complexity index is 185. The van der Waals surface area contributed by atoms with Crippen LogP contribution in [0.5, 0.6) is 0 Å². The number of aliphatic hydroxyl groups is 1. The number of rotatable bonds is 3. The van der Waals surface area contributed by atoms with Gasteiger partial charge in [-0.25, -0.2) is 0 Å². The standard InChI is InChI=1S/C11H19NO/c1-3-10-5-4-6-11(7-10)12-9(2)8-13/h1,9-13H,4-8H2,2H3. The lowest BCUT2D eigenvalue weighted by Gasteiger charge is -2.29. The molecule has 0 heterocycles. The van der Waals surface area contributed by atoms with Crippen molar-refractivity contribution in [1.29, 1.82) is 0 Å². The highest BCUT2D eigenvalue weighted by molar-refractivity contribution is 4.97. The fourth-order valence-electron chi connectivity index (χ4n) is 1.95. The van der Waals surface area contributed by atoms with Crippen LogP contribution in [0.1, 0.15) is 32.6 Å². The van der Waals surface area contributed by atoms with Crippen LogP contribution >= 0.6 is 0 Å². The van der Waals surface area contributed by atoms with Crippen LogP contribution in [-0.2, 0) is 0 Å². The van der Waals surface area contributed by atoms with Crippen molar-refractivity contribution in [3.05, 3.63) is 0 Å². The Morgan fingerprint density at radius 3 is 3.00 bits per heavy atom. The van der Waals surface area contributed by atoms with Gasteiger partial charge in [-0.3, -0.25) is 0 Å². The van der Waals surface area contributed by atoms with E-state index in [2.05, 4.69) is 11.2 Å². The third-order valence-corrected chi connectivity index (χ3v) is 2.70. The molecule has 1 aliphatic rings. The monoisotopic (exact) mass is 181 g/mol. The summed E-state index contributed by atoms with van der Waals surface area (Å²) < 4.78 is 0. The Kier molecular flexibility index (Phi) is 4.27. The van der Waals surface area contributed by atoms with Gasteiger partial charge in [-0.2, -0.15) is 0 Å². The minimum Gasteiger partial charge on any atom is -0.395 e. The third-order valence-electron chi connectivity index (χ3n) is 2.70. The second-order valence-corrected chi connectivity index (χ2v) is 3.98. The lowest BCUT2D eigenvalue weighted by atomic mass is 9.86. The van der Waals surface area contributed by atoms with Crippen molar-refractivity contribution in [1.82, 2.24) is 5.32 Å². The Morgan fingerprint density at radius 2 is 2.38 bits per heavy atom. The van der Waals surface area contributed by atoms with Crippen LogP contribution in [0, 0.1) is 18.3 Å². The van der Waals surface area contributed by atoms with E-state index in [0.29, 0.717) is 12.0 Å². The second-order valence-electron chi connectivity index (χ2n) is 3.98. The van der Waals surface area contributed by atoms with Crippen LogP contribution in [0.15, 0.2) is 0 Å². The summed E-state index contributed by atoms with van der Waals surface area (Å²) >= 11 is 0. The highest BCUT2D eigenvalue weighted by Crippen LogP contribution is 2.23. The van der Waals surface area contributed by atoms with E-state index in [9.17, 15) is 0 Å². The van der Waals surface area contributed by atoms with E-state index in [4.69, 9.17) is 11.5 Å². The van der Waals surface area contributed by atoms with Gasteiger partial charge in [-0.05, 0) is 26.2 Å². The van der Waals surface area contributed by atoms with E-state index in [0.717, 1.165) is 6.42 Å². The third kappa shape index (κ3) is 3.38. The van der Waals surface area contributed by atoms with Crippen molar-refractivity contribution in [2.75, 3.05) is 6.61 Å². The van der Waals surface area contributed by atoms with Crippen LogP contribution in [0.3, 0.4) is 0 Å². The van der Waals surface area contributed by atoms with Gasteiger partial charge in [-0.1, -0.05) is 6.42 Å². The van der Waals surface area contributed by atoms with E-state index in [1.54, 1.807) is 0 Å². The summed E-state index contributed by atoms with van der Waals surface area (Å²) in [5, 5.41) is 12.3. The predicted molar refractivity (Wildman–Crippen MR) is 54.3 cm³/mol. The molecule has 0 saturated heterocycles. The summed E-state index contributed by atoms with van der Waals surface area (Å²) in [4.78, 5) is 0. The van der Waals surface area contributed by atoms with Crippen molar-refractivity contribution in [3.63, 3.8) is 0 Å². The van der Waals surface area contributed by atoms with Gasteiger partial charge in [0.15, 0.2) is 0 Å². The Morgan fingerprint density at radius 1 is 1.62 bits per heavy atom. The molecule has 1 rings (SSSR count). The number of terminal acetylenes is 1. The van der Waals surface area contributed by atoms with Gasteiger partial charge in [0.2, 0.25) is 0 Å². The summed E-state index contributed by atoms with van der Waals surface area (Å²) in [6, 6.07) is 0.707. The SMILES string of the molecule is C#CC1CCCC(NC(C)CO)C1. The summed E-state index contributed by atoms with van der Waals surface area (Å²) in [7, 11) is 0. The molecule has 0 radical (unpaired) electrons. The number of hydrogen-bond acceptors (Lipinski definition) is 2. The zero-order valence-corrected chi connectivity index (χ0v) is 8.29. The van der Waals surface area contributed by atoms with Crippen LogP contribution in [-0.4, -0.2) is 23.8 Å². The lowest BCUT2D eigenvalue weighted by Crippen LogP contribution is -2.41. The highest BCUT2D eigenvalue weighted by atomic mass is 16.3. The van der Waals surface area contributed by atoms with Crippen LogP contribution in [0.2, 0.25) is 0 Å². The first-order valence-corrected chi connectivity index (χ1v) is 5.09. The maximum Gasteiger partial charge on any atom is 0.0582 e. The van der Waals surface area contributed by atoms with Crippen molar-refractivity contribution in [3.8, 4) is 12.3 Å². The van der Waals surface area contributed by atoms with Gasteiger partial charge in [0.25, 0.3) is 0 Å². The minimum absolute atomic E-state index is 0.196. The average Bonchev–Trinajstić information content (AvgIpc) is 2.18. The molecular weight excluding hydrogens is 162 g/mol. The van der Waals surface area contributed by atoms with Gasteiger partial charge < -0.3 is 10.4 Å². The number of aliphatic hydroxyl groups excluding tert-OH is 1. The normalized spacial score (nSPS) is 30.8. The number of hydrogen-bond donors (Lipinski definition) is 2. The fourth-order valence-corrected chi connectivity index (χ4v) is 1.95. The van der Waals surface area contributed by atoms with Gasteiger partial charge in [0.05, 0.1) is 6.61 Å². The maximum atomic E-state index is 8.89. The van der Waals surface area contributed by atoms with E-state index >= 15 is 0 Å². The Balaban J connectivity index is 2.30. The van der Waals surface area contributed by atoms with Crippen LogP contribution in [0.4, 0.5) is 0 Å². The molecule has 0 amide bonds. The maximum absolute atomic E-state index is 8.89. The zero-order valence-electron chi connectivity index (χ0n) is 8.29. The summed E-state index contributed by atoms with van der Waals surface area (Å²) in [6.45, 7) is 2.21. The quantitative estimate of drug-likeness (QED) is 0.640. The first kappa shape index (κ1) is 10.6. The molecule has 3 unspecified atom stereocenters. The number of nitrogens with one attached hydrogen (secondary N) is 1. The largest absolute Gasteiger partial charge is 0.395 e. The topological polar surface area (TPSA) is 32.3 Å². The first-order chi connectivity index (χ1) is 6.26. The Hall–Kier alpha value is -0.520. The molecule has 2 heteroatoms. The molecule has 13 heavy (non-hydrogen) atoms. The molecule has 1 aliphatic carbocycles. The average molecular weight is 181 g/mol. The highest BCUT2D eigenvalue weighted by Gasteiger charge is 2.20. The zero-order chi connectivity index (χ0) is 9.68. The molecule has 1 saturated carbocycles. The molecule has 0 bridgehead atoms. The summed E-state index contributed by atoms with van der Waals surface area (Å²) in [5.41, 5.74) is 0. The van der Waals surface area contributed by atoms with E-state index in [1.807, 2.05) is 6.92 Å². The summed E-state index contributed by atoms with van der Waals surface area (Å²) in [5.74, 6) is 3.26. The summed E-state index contributed by atoms with van der Waals surface area (Å²) in [6.07, 6.45) is 10.1. The smallest absolute Gasteiger partial charge is 0.0582 e. The van der Waals surface area contributed by atoms with Crippen LogP contribution < -0.4 is 5.32 Å². The molecule has 0 aromatic carbocycles. The lowest BCUT2D eigenvalue weighted by molar-refractivity contribution is 0.221. The molecule has 0 spiro atoms. The molecule has 0 aromatic heterocycles. The van der Waals surface area contributed by atoms with Gasteiger partial charge in [0, 0.05) is 18.0 Å². The molecule has 0 aliphatic heterocycles. The van der Waals surface area contributed by atoms with E-state index < -0.39 is 0 Å². The predicted octanol–water partition coefficient (Wildman–Crippen LogP) is 1.15. The fraction of sp³-hybridized carbons (Fsp3) is 0.818. The molecule has 2 N–H and O–H groups in total. The molecule has 0 aromatic rings. The molecule has 1 fully saturated rings. The van der Waals surface area contributed by atoms with Crippen molar-refractivity contribution >= 4 is 0 Å². The minimum atomic E-state index is 0.196. The van der Waals surface area contributed by atoms with Crippen molar-refractivity contribution < 1.29 is 5.11 Å². The Labute approximate surface area is 80.7 Å². The van der Waals surface area contributed by atoms with Crippen molar-refractivity contribution in [2.45, 2.75) is 44.7 Å². The van der Waals surface area contributed by atoms with Gasteiger partial charge in [0.1, 0.15) is 0 Å². The van der Waals surface area contributed by atoms with Crippen LogP contribution in [0.25, 0.3) is 0 Å². The molecule has 74 valence electrons. The van der Waals surface area contributed by atoms with E-state index in [-0.39, 0.29) is 12.6 Å². The van der Waals surface area contributed by atoms with Gasteiger partial charge in [-0.15, -0.1) is 12.3 Å².